The number of hydrogen-bond acceptors (Lipinski definition) is 3. The second kappa shape index (κ2) is 6.76. The number of rotatable bonds is 3. The van der Waals surface area contributed by atoms with Gasteiger partial charge in [0.25, 0.3) is 0 Å². The van der Waals surface area contributed by atoms with Crippen molar-refractivity contribution in [3.8, 4) is 0 Å². The summed E-state index contributed by atoms with van der Waals surface area (Å²) < 4.78 is 0. The summed E-state index contributed by atoms with van der Waals surface area (Å²) in [5.41, 5.74) is 2.96. The van der Waals surface area contributed by atoms with Gasteiger partial charge in [-0.15, -0.1) is 11.3 Å². The summed E-state index contributed by atoms with van der Waals surface area (Å²) in [6.45, 7) is 3.24. The van der Waals surface area contributed by atoms with E-state index in [2.05, 4.69) is 22.1 Å². The summed E-state index contributed by atoms with van der Waals surface area (Å²) >= 11 is 1.76. The molecule has 0 bridgehead atoms. The lowest BCUT2D eigenvalue weighted by Crippen LogP contribution is -2.38. The molecule has 6 nitrogen and oxygen atoms in total. The third-order valence-corrected chi connectivity index (χ3v) is 5.68. The van der Waals surface area contributed by atoms with E-state index >= 15 is 0 Å². The maximum absolute atomic E-state index is 12.7. The molecule has 7 heteroatoms. The van der Waals surface area contributed by atoms with Crippen molar-refractivity contribution >= 4 is 29.1 Å². The smallest absolute Gasteiger partial charge is 0.322 e. The van der Waals surface area contributed by atoms with Crippen LogP contribution >= 0.6 is 11.3 Å². The molecule has 0 aliphatic carbocycles. The summed E-state index contributed by atoms with van der Waals surface area (Å²) in [7, 11) is 0. The SMILES string of the molecule is O=C1NCCN1Cc1ccccc1NC(=O)N1CCc2sccc2C1. The number of nitrogens with zero attached hydrogens (tertiary/aromatic N) is 2. The van der Waals surface area contributed by atoms with Gasteiger partial charge in [-0.2, -0.15) is 0 Å². The third-order valence-electron chi connectivity index (χ3n) is 4.66. The first-order valence-electron chi connectivity index (χ1n) is 8.42. The van der Waals surface area contributed by atoms with Crippen LogP contribution in [0.3, 0.4) is 0 Å². The van der Waals surface area contributed by atoms with Crippen molar-refractivity contribution in [1.82, 2.24) is 15.1 Å². The number of thiophene rings is 1. The van der Waals surface area contributed by atoms with E-state index in [1.807, 2.05) is 29.2 Å². The Morgan fingerprint density at radius 3 is 2.96 bits per heavy atom. The number of urea groups is 2. The molecule has 0 radical (unpaired) electrons. The lowest BCUT2D eigenvalue weighted by Gasteiger charge is -2.27. The number of para-hydroxylation sites is 1. The molecule has 1 aromatic carbocycles. The summed E-state index contributed by atoms with van der Waals surface area (Å²) in [5.74, 6) is 0. The normalized spacial score (nSPS) is 16.6. The number of fused-ring (bicyclic) bond motifs is 1. The minimum absolute atomic E-state index is 0.0536. The van der Waals surface area contributed by atoms with E-state index in [0.29, 0.717) is 26.2 Å². The first-order valence-corrected chi connectivity index (χ1v) is 9.30. The molecule has 0 spiro atoms. The van der Waals surface area contributed by atoms with Crippen LogP contribution in [0.2, 0.25) is 0 Å². The average molecular weight is 356 g/mol. The largest absolute Gasteiger partial charge is 0.336 e. The van der Waals surface area contributed by atoms with Crippen LogP contribution in [0.1, 0.15) is 16.0 Å². The van der Waals surface area contributed by atoms with E-state index in [9.17, 15) is 9.59 Å². The van der Waals surface area contributed by atoms with Crippen LogP contribution in [0.5, 0.6) is 0 Å². The van der Waals surface area contributed by atoms with E-state index < -0.39 is 0 Å². The van der Waals surface area contributed by atoms with Gasteiger partial charge in [-0.25, -0.2) is 9.59 Å². The fourth-order valence-corrected chi connectivity index (χ4v) is 4.15. The van der Waals surface area contributed by atoms with Crippen molar-refractivity contribution in [2.75, 3.05) is 25.0 Å². The molecular weight excluding hydrogens is 336 g/mol. The van der Waals surface area contributed by atoms with Gasteiger partial charge in [-0.3, -0.25) is 0 Å². The highest BCUT2D eigenvalue weighted by atomic mass is 32.1. The molecule has 4 amide bonds. The molecule has 2 aliphatic heterocycles. The Morgan fingerprint density at radius 2 is 2.12 bits per heavy atom. The number of carbonyl (C=O) groups excluding carboxylic acids is 2. The highest BCUT2D eigenvalue weighted by molar-refractivity contribution is 7.10. The van der Waals surface area contributed by atoms with Crippen molar-refractivity contribution in [2.45, 2.75) is 19.5 Å². The maximum Gasteiger partial charge on any atom is 0.322 e. The van der Waals surface area contributed by atoms with Crippen molar-refractivity contribution < 1.29 is 9.59 Å². The Kier molecular flexibility index (Phi) is 4.31. The van der Waals surface area contributed by atoms with Gasteiger partial charge in [-0.1, -0.05) is 18.2 Å². The molecule has 0 atom stereocenters. The second-order valence-electron chi connectivity index (χ2n) is 6.28. The Morgan fingerprint density at radius 1 is 1.24 bits per heavy atom. The molecule has 4 rings (SSSR count). The van der Waals surface area contributed by atoms with E-state index in [0.717, 1.165) is 24.2 Å². The van der Waals surface area contributed by atoms with E-state index in [1.54, 1.807) is 16.2 Å². The zero-order valence-electron chi connectivity index (χ0n) is 13.8. The third kappa shape index (κ3) is 3.32. The van der Waals surface area contributed by atoms with Crippen LogP contribution in [0.15, 0.2) is 35.7 Å². The molecule has 2 aliphatic rings. The van der Waals surface area contributed by atoms with Gasteiger partial charge in [0, 0.05) is 43.3 Å². The predicted molar refractivity (Wildman–Crippen MR) is 97.7 cm³/mol. The minimum atomic E-state index is -0.0878. The van der Waals surface area contributed by atoms with Crippen LogP contribution in [0.25, 0.3) is 0 Å². The summed E-state index contributed by atoms with van der Waals surface area (Å²) in [4.78, 5) is 29.4. The molecule has 1 fully saturated rings. The van der Waals surface area contributed by atoms with Crippen molar-refractivity contribution in [2.24, 2.45) is 0 Å². The quantitative estimate of drug-likeness (QED) is 0.888. The topological polar surface area (TPSA) is 64.7 Å². The first-order chi connectivity index (χ1) is 12.2. The van der Waals surface area contributed by atoms with Gasteiger partial charge in [0.2, 0.25) is 0 Å². The minimum Gasteiger partial charge on any atom is -0.336 e. The van der Waals surface area contributed by atoms with Gasteiger partial charge in [0.05, 0.1) is 0 Å². The molecule has 25 heavy (non-hydrogen) atoms. The first kappa shape index (κ1) is 16.0. The molecular formula is C18H20N4O2S. The van der Waals surface area contributed by atoms with Crippen molar-refractivity contribution in [3.05, 3.63) is 51.7 Å². The zero-order chi connectivity index (χ0) is 17.2. The fraction of sp³-hybridized carbons (Fsp3) is 0.333. The molecule has 1 aromatic heterocycles. The predicted octanol–water partition coefficient (Wildman–Crippen LogP) is 2.86. The number of nitrogens with one attached hydrogen (secondary N) is 2. The highest BCUT2D eigenvalue weighted by Gasteiger charge is 2.23. The van der Waals surface area contributed by atoms with Gasteiger partial charge in [0.1, 0.15) is 0 Å². The van der Waals surface area contributed by atoms with E-state index in [-0.39, 0.29) is 12.1 Å². The number of anilines is 1. The van der Waals surface area contributed by atoms with Crippen LogP contribution in [-0.2, 0) is 19.5 Å². The van der Waals surface area contributed by atoms with Crippen LogP contribution in [0, 0.1) is 0 Å². The Balaban J connectivity index is 1.45. The van der Waals surface area contributed by atoms with Crippen LogP contribution in [0.4, 0.5) is 15.3 Å². The highest BCUT2D eigenvalue weighted by Crippen LogP contribution is 2.25. The van der Waals surface area contributed by atoms with Gasteiger partial charge >= 0.3 is 12.1 Å². The molecule has 2 aromatic rings. The standard InChI is InChI=1S/C18H20N4O2S/c23-17-19-7-9-22(17)11-13-3-1-2-4-15(13)20-18(24)21-8-5-16-14(12-21)6-10-25-16/h1-4,6,10H,5,7-9,11-12H2,(H,19,23)(H,20,24). The van der Waals surface area contributed by atoms with Crippen LogP contribution < -0.4 is 10.6 Å². The average Bonchev–Trinajstić information content (AvgIpc) is 3.25. The number of benzene rings is 1. The lowest BCUT2D eigenvalue weighted by molar-refractivity contribution is 0.207. The van der Waals surface area contributed by atoms with Crippen molar-refractivity contribution in [3.63, 3.8) is 0 Å². The fourth-order valence-electron chi connectivity index (χ4n) is 3.26. The Bertz CT molecular complexity index is 804. The zero-order valence-corrected chi connectivity index (χ0v) is 14.6. The molecule has 3 heterocycles. The van der Waals surface area contributed by atoms with Gasteiger partial charge in [-0.05, 0) is 35.1 Å². The summed E-state index contributed by atoms with van der Waals surface area (Å²) in [6.07, 6.45) is 0.913. The Hall–Kier alpha value is -2.54. The second-order valence-corrected chi connectivity index (χ2v) is 7.28. The van der Waals surface area contributed by atoms with E-state index in [1.165, 1.54) is 10.4 Å². The number of amides is 4. The molecule has 2 N–H and O–H groups in total. The Labute approximate surface area is 150 Å². The number of carbonyl (C=O) groups is 2. The maximum atomic E-state index is 12.7. The molecule has 130 valence electrons. The summed E-state index contributed by atoms with van der Waals surface area (Å²) in [5, 5.41) is 7.91. The number of hydrogen-bond donors (Lipinski definition) is 2. The summed E-state index contributed by atoms with van der Waals surface area (Å²) in [6, 6.07) is 9.63. The molecule has 0 unspecified atom stereocenters. The van der Waals surface area contributed by atoms with E-state index in [4.69, 9.17) is 0 Å². The van der Waals surface area contributed by atoms with Crippen LogP contribution in [-0.4, -0.2) is 41.5 Å². The van der Waals surface area contributed by atoms with Gasteiger partial charge in [0.15, 0.2) is 0 Å². The monoisotopic (exact) mass is 356 g/mol. The lowest BCUT2D eigenvalue weighted by atomic mass is 10.1. The molecule has 0 saturated carbocycles. The van der Waals surface area contributed by atoms with Gasteiger partial charge < -0.3 is 20.4 Å². The molecule has 1 saturated heterocycles. The van der Waals surface area contributed by atoms with Crippen molar-refractivity contribution in [1.29, 1.82) is 0 Å².